The number of hydrogen-bond acceptors (Lipinski definition) is 4. The number of halogens is 2. The van der Waals surface area contributed by atoms with Gasteiger partial charge in [-0.3, -0.25) is 4.79 Å². The summed E-state index contributed by atoms with van der Waals surface area (Å²) in [4.78, 5) is 16.9. The Morgan fingerprint density at radius 1 is 1.14 bits per heavy atom. The molecule has 3 nitrogen and oxygen atoms in total. The summed E-state index contributed by atoms with van der Waals surface area (Å²) in [6.45, 7) is 0. The number of ketones is 1. The Labute approximate surface area is 140 Å². The molecule has 3 aromatic rings. The van der Waals surface area contributed by atoms with E-state index in [1.165, 1.54) is 11.3 Å². The van der Waals surface area contributed by atoms with Crippen LogP contribution in [0.1, 0.15) is 21.3 Å². The fraction of sp³-hybridized carbons (Fsp3) is 0.0625. The number of Topliss-reactive ketones (excluding diaryl/α,β-unsaturated/α-hetero) is 1. The quantitative estimate of drug-likeness (QED) is 0.620. The Morgan fingerprint density at radius 3 is 2.55 bits per heavy atom. The predicted octanol–water partition coefficient (Wildman–Crippen LogP) is 5.09. The molecule has 0 saturated heterocycles. The predicted molar refractivity (Wildman–Crippen MR) is 88.8 cm³/mol. The zero-order valence-corrected chi connectivity index (χ0v) is 13.4. The van der Waals surface area contributed by atoms with Crippen molar-refractivity contribution in [3.63, 3.8) is 0 Å². The van der Waals surface area contributed by atoms with E-state index in [1.54, 1.807) is 30.3 Å². The molecule has 2 aromatic carbocycles. The molecule has 1 aromatic heterocycles. The van der Waals surface area contributed by atoms with Gasteiger partial charge in [-0.2, -0.15) is 5.26 Å². The molecular formula is C16H8Cl2N2OS. The SMILES string of the molecule is N#CC(C(=O)c1ccccc1Cl)c1nc2c(Cl)cccc2s1. The Balaban J connectivity index is 2.07. The first-order valence-corrected chi connectivity index (χ1v) is 7.92. The van der Waals surface area contributed by atoms with Crippen molar-refractivity contribution < 1.29 is 4.79 Å². The van der Waals surface area contributed by atoms with Gasteiger partial charge in [0.05, 0.1) is 20.8 Å². The lowest BCUT2D eigenvalue weighted by Gasteiger charge is -2.06. The minimum atomic E-state index is -0.992. The lowest BCUT2D eigenvalue weighted by molar-refractivity contribution is 0.0979. The zero-order valence-electron chi connectivity index (χ0n) is 11.1. The van der Waals surface area contributed by atoms with Gasteiger partial charge in [0.25, 0.3) is 0 Å². The highest BCUT2D eigenvalue weighted by Crippen LogP contribution is 2.33. The molecule has 1 heterocycles. The van der Waals surface area contributed by atoms with Crippen LogP contribution < -0.4 is 0 Å². The van der Waals surface area contributed by atoms with Crippen molar-refractivity contribution in [2.24, 2.45) is 0 Å². The number of fused-ring (bicyclic) bond motifs is 1. The number of nitriles is 1. The van der Waals surface area contributed by atoms with Gasteiger partial charge in [0.1, 0.15) is 10.5 Å². The molecule has 3 rings (SSSR count). The summed E-state index contributed by atoms with van der Waals surface area (Å²) in [7, 11) is 0. The topological polar surface area (TPSA) is 53.8 Å². The lowest BCUT2D eigenvalue weighted by atomic mass is 9.99. The smallest absolute Gasteiger partial charge is 0.188 e. The van der Waals surface area contributed by atoms with Crippen LogP contribution in [0.25, 0.3) is 10.2 Å². The highest BCUT2D eigenvalue weighted by Gasteiger charge is 2.27. The molecule has 0 N–H and O–H groups in total. The van der Waals surface area contributed by atoms with Crippen LogP contribution in [0.5, 0.6) is 0 Å². The first kappa shape index (κ1) is 15.0. The summed E-state index contributed by atoms with van der Waals surface area (Å²) in [6.07, 6.45) is 0. The largest absolute Gasteiger partial charge is 0.292 e. The first-order valence-electron chi connectivity index (χ1n) is 6.35. The number of carbonyl (C=O) groups excluding carboxylic acids is 1. The highest BCUT2D eigenvalue weighted by atomic mass is 35.5. The number of hydrogen-bond donors (Lipinski definition) is 0. The van der Waals surface area contributed by atoms with Crippen LogP contribution in [0.4, 0.5) is 0 Å². The molecule has 1 atom stereocenters. The summed E-state index contributed by atoms with van der Waals surface area (Å²) in [5, 5.41) is 10.7. The van der Waals surface area contributed by atoms with Crippen molar-refractivity contribution in [1.29, 1.82) is 5.26 Å². The van der Waals surface area contributed by atoms with E-state index in [4.69, 9.17) is 23.2 Å². The van der Waals surface area contributed by atoms with Crippen molar-refractivity contribution in [3.05, 3.63) is 63.1 Å². The Kier molecular flexibility index (Phi) is 4.12. The monoisotopic (exact) mass is 346 g/mol. The third kappa shape index (κ3) is 2.59. The average molecular weight is 347 g/mol. The molecule has 0 radical (unpaired) electrons. The van der Waals surface area contributed by atoms with Gasteiger partial charge >= 0.3 is 0 Å². The van der Waals surface area contributed by atoms with Crippen LogP contribution in [-0.2, 0) is 0 Å². The van der Waals surface area contributed by atoms with E-state index in [2.05, 4.69) is 4.98 Å². The molecule has 0 fully saturated rings. The second-order valence-electron chi connectivity index (χ2n) is 4.54. The van der Waals surface area contributed by atoms with E-state index in [-0.39, 0.29) is 5.78 Å². The number of thiazole rings is 1. The van der Waals surface area contributed by atoms with Crippen LogP contribution in [0.15, 0.2) is 42.5 Å². The summed E-state index contributed by atoms with van der Waals surface area (Å²) >= 11 is 13.4. The molecule has 22 heavy (non-hydrogen) atoms. The molecule has 0 bridgehead atoms. The number of rotatable bonds is 3. The minimum Gasteiger partial charge on any atom is -0.292 e. The summed E-state index contributed by atoms with van der Waals surface area (Å²) in [6, 6.07) is 14.1. The molecule has 0 aliphatic rings. The van der Waals surface area contributed by atoms with E-state index in [0.717, 1.165) is 4.70 Å². The number of benzene rings is 2. The number of aromatic nitrogens is 1. The Hall–Kier alpha value is -1.93. The maximum Gasteiger partial charge on any atom is 0.188 e. The van der Waals surface area contributed by atoms with Crippen molar-refractivity contribution in [3.8, 4) is 6.07 Å². The van der Waals surface area contributed by atoms with Crippen molar-refractivity contribution in [1.82, 2.24) is 4.98 Å². The van der Waals surface area contributed by atoms with Crippen LogP contribution in [0, 0.1) is 11.3 Å². The lowest BCUT2D eigenvalue weighted by Crippen LogP contribution is -2.11. The molecule has 0 amide bonds. The Bertz CT molecular complexity index is 914. The summed E-state index contributed by atoms with van der Waals surface area (Å²) in [5.41, 5.74) is 0.928. The van der Waals surface area contributed by atoms with Gasteiger partial charge in [0, 0.05) is 5.56 Å². The molecule has 1 unspecified atom stereocenters. The molecule has 108 valence electrons. The molecule has 6 heteroatoms. The molecular weight excluding hydrogens is 339 g/mol. The normalized spacial score (nSPS) is 12.0. The van der Waals surface area contributed by atoms with Crippen LogP contribution in [0.2, 0.25) is 10.0 Å². The van der Waals surface area contributed by atoms with E-state index in [1.807, 2.05) is 18.2 Å². The number of nitrogens with zero attached hydrogens (tertiary/aromatic N) is 2. The molecule has 0 saturated carbocycles. The van der Waals surface area contributed by atoms with Gasteiger partial charge in [-0.25, -0.2) is 4.98 Å². The van der Waals surface area contributed by atoms with Gasteiger partial charge in [-0.05, 0) is 24.3 Å². The standard InChI is InChI=1S/C16H8Cl2N2OS/c17-11-5-2-1-4-9(11)15(21)10(8-19)16-20-14-12(18)6-3-7-13(14)22-16/h1-7,10H. The highest BCUT2D eigenvalue weighted by molar-refractivity contribution is 7.18. The maximum atomic E-state index is 12.6. The van der Waals surface area contributed by atoms with Crippen molar-refractivity contribution in [2.75, 3.05) is 0 Å². The summed E-state index contributed by atoms with van der Waals surface area (Å²) < 4.78 is 0.842. The van der Waals surface area contributed by atoms with E-state index in [9.17, 15) is 10.1 Å². The maximum absolute atomic E-state index is 12.6. The van der Waals surface area contributed by atoms with Crippen LogP contribution in [0.3, 0.4) is 0 Å². The third-order valence-electron chi connectivity index (χ3n) is 3.16. The van der Waals surface area contributed by atoms with Crippen LogP contribution >= 0.6 is 34.5 Å². The fourth-order valence-corrected chi connectivity index (χ4v) is 3.64. The van der Waals surface area contributed by atoms with Gasteiger partial charge in [0.2, 0.25) is 0 Å². The zero-order chi connectivity index (χ0) is 15.7. The first-order chi connectivity index (χ1) is 10.6. The van der Waals surface area contributed by atoms with Gasteiger partial charge in [0.15, 0.2) is 11.7 Å². The minimum absolute atomic E-state index is 0.320. The van der Waals surface area contributed by atoms with Gasteiger partial charge in [-0.1, -0.05) is 41.4 Å². The van der Waals surface area contributed by atoms with E-state index >= 15 is 0 Å². The van der Waals surface area contributed by atoms with Gasteiger partial charge in [-0.15, -0.1) is 11.3 Å². The van der Waals surface area contributed by atoms with Crippen molar-refractivity contribution in [2.45, 2.75) is 5.92 Å². The molecule has 0 aliphatic heterocycles. The Morgan fingerprint density at radius 2 is 1.86 bits per heavy atom. The van der Waals surface area contributed by atoms with Crippen molar-refractivity contribution >= 4 is 50.5 Å². The number of para-hydroxylation sites is 1. The fourth-order valence-electron chi connectivity index (χ4n) is 2.10. The molecule has 0 aliphatic carbocycles. The average Bonchev–Trinajstić information content (AvgIpc) is 2.93. The third-order valence-corrected chi connectivity index (χ3v) is 4.88. The summed E-state index contributed by atoms with van der Waals surface area (Å²) in [5.74, 6) is -1.35. The second kappa shape index (κ2) is 6.05. The van der Waals surface area contributed by atoms with Gasteiger partial charge < -0.3 is 0 Å². The molecule has 0 spiro atoms. The second-order valence-corrected chi connectivity index (χ2v) is 6.42. The van der Waals surface area contributed by atoms with E-state index in [0.29, 0.717) is 26.1 Å². The van der Waals surface area contributed by atoms with Crippen LogP contribution in [-0.4, -0.2) is 10.8 Å². The van der Waals surface area contributed by atoms with E-state index < -0.39 is 5.92 Å². The number of carbonyl (C=O) groups is 1.